The SMILES string of the molecule is CCc1cc(N2CCN(C)CC2)ccc1Nc1ncc(Cl)c(NCCCN2C=CC=COC2=O)n1. The number of amides is 1. The Bertz CT molecular complexity index is 1080. The molecule has 1 aromatic heterocycles. The average molecular weight is 498 g/mol. The summed E-state index contributed by atoms with van der Waals surface area (Å²) in [4.78, 5) is 27.1. The number of hydrogen-bond donors (Lipinski definition) is 2. The molecule has 0 aliphatic carbocycles. The molecular weight excluding hydrogens is 466 g/mol. The minimum Gasteiger partial charge on any atom is -0.418 e. The van der Waals surface area contributed by atoms with Gasteiger partial charge in [0, 0.05) is 56.8 Å². The summed E-state index contributed by atoms with van der Waals surface area (Å²) in [5.41, 5.74) is 3.44. The van der Waals surface area contributed by atoms with Crippen LogP contribution in [0.25, 0.3) is 0 Å². The van der Waals surface area contributed by atoms with Gasteiger partial charge in [-0.3, -0.25) is 4.90 Å². The molecule has 1 aromatic carbocycles. The van der Waals surface area contributed by atoms with Gasteiger partial charge in [-0.05, 0) is 55.8 Å². The predicted octanol–water partition coefficient (Wildman–Crippen LogP) is 4.47. The van der Waals surface area contributed by atoms with Crippen molar-refractivity contribution in [3.05, 3.63) is 59.6 Å². The van der Waals surface area contributed by atoms with Crippen LogP contribution in [0.15, 0.2) is 49.0 Å². The van der Waals surface area contributed by atoms with Gasteiger partial charge in [0.05, 0.1) is 12.5 Å². The van der Waals surface area contributed by atoms with E-state index in [9.17, 15) is 4.79 Å². The first kappa shape index (κ1) is 24.8. The molecule has 0 bridgehead atoms. The number of hydrogen-bond acceptors (Lipinski definition) is 8. The molecule has 0 unspecified atom stereocenters. The van der Waals surface area contributed by atoms with Crippen LogP contribution in [0.1, 0.15) is 18.9 Å². The van der Waals surface area contributed by atoms with E-state index < -0.39 is 6.09 Å². The van der Waals surface area contributed by atoms with Gasteiger partial charge in [0.1, 0.15) is 10.8 Å². The first-order valence-electron chi connectivity index (χ1n) is 11.9. The highest BCUT2D eigenvalue weighted by Crippen LogP contribution is 2.28. The van der Waals surface area contributed by atoms with Gasteiger partial charge in [0.15, 0.2) is 0 Å². The normalized spacial score (nSPS) is 16.3. The quantitative estimate of drug-likeness (QED) is 0.491. The molecule has 0 spiro atoms. The second-order valence-electron chi connectivity index (χ2n) is 8.53. The summed E-state index contributed by atoms with van der Waals surface area (Å²) >= 11 is 6.32. The number of piperazine rings is 1. The van der Waals surface area contributed by atoms with Crippen molar-refractivity contribution in [3.8, 4) is 0 Å². The van der Waals surface area contributed by atoms with Crippen LogP contribution in [-0.2, 0) is 11.2 Å². The maximum atomic E-state index is 11.9. The van der Waals surface area contributed by atoms with Gasteiger partial charge in [0.2, 0.25) is 5.95 Å². The van der Waals surface area contributed by atoms with Gasteiger partial charge in [-0.15, -0.1) is 0 Å². The molecule has 0 radical (unpaired) electrons. The fraction of sp³-hybridized carbons (Fsp3) is 0.400. The van der Waals surface area contributed by atoms with Gasteiger partial charge >= 0.3 is 6.09 Å². The molecule has 3 heterocycles. The van der Waals surface area contributed by atoms with Gasteiger partial charge in [0.25, 0.3) is 0 Å². The van der Waals surface area contributed by atoms with Crippen LogP contribution < -0.4 is 15.5 Å². The highest BCUT2D eigenvalue weighted by molar-refractivity contribution is 6.32. The molecule has 186 valence electrons. The van der Waals surface area contributed by atoms with E-state index in [1.807, 2.05) is 0 Å². The Morgan fingerprint density at radius 2 is 2.00 bits per heavy atom. The average Bonchev–Trinajstić information content (AvgIpc) is 3.08. The van der Waals surface area contributed by atoms with Crippen molar-refractivity contribution in [3.63, 3.8) is 0 Å². The summed E-state index contributed by atoms with van der Waals surface area (Å²) in [6, 6.07) is 6.50. The number of ether oxygens (including phenoxy) is 1. The number of allylic oxidation sites excluding steroid dienone is 2. The van der Waals surface area contributed by atoms with Crippen LogP contribution >= 0.6 is 11.6 Å². The third kappa shape index (κ3) is 6.64. The van der Waals surface area contributed by atoms with E-state index in [-0.39, 0.29) is 0 Å². The number of nitrogens with one attached hydrogen (secondary N) is 2. The second kappa shape index (κ2) is 11.9. The molecule has 1 saturated heterocycles. The van der Waals surface area contributed by atoms with E-state index in [1.165, 1.54) is 22.4 Å². The van der Waals surface area contributed by atoms with Crippen LogP contribution in [0.5, 0.6) is 0 Å². The summed E-state index contributed by atoms with van der Waals surface area (Å²) in [7, 11) is 2.16. The highest BCUT2D eigenvalue weighted by Gasteiger charge is 2.16. The highest BCUT2D eigenvalue weighted by atomic mass is 35.5. The number of aryl methyl sites for hydroxylation is 1. The maximum Gasteiger partial charge on any atom is 0.418 e. The summed E-state index contributed by atoms with van der Waals surface area (Å²) in [6.45, 7) is 7.47. The van der Waals surface area contributed by atoms with E-state index in [4.69, 9.17) is 16.3 Å². The number of halogens is 1. The van der Waals surface area contributed by atoms with Crippen molar-refractivity contribution < 1.29 is 9.53 Å². The van der Waals surface area contributed by atoms with Gasteiger partial charge in [-0.1, -0.05) is 18.5 Å². The number of rotatable bonds is 9. The molecule has 2 N–H and O–H groups in total. The van der Waals surface area contributed by atoms with Crippen molar-refractivity contribution in [2.24, 2.45) is 0 Å². The van der Waals surface area contributed by atoms with Gasteiger partial charge in [-0.25, -0.2) is 9.78 Å². The zero-order chi connectivity index (χ0) is 24.6. The fourth-order valence-electron chi connectivity index (χ4n) is 3.97. The number of cyclic esters (lactones) is 1. The Hall–Kier alpha value is -3.30. The minimum atomic E-state index is -0.396. The summed E-state index contributed by atoms with van der Waals surface area (Å²) < 4.78 is 4.96. The van der Waals surface area contributed by atoms with Gasteiger partial charge < -0.3 is 25.2 Å². The largest absolute Gasteiger partial charge is 0.418 e. The maximum absolute atomic E-state index is 11.9. The number of carbonyl (C=O) groups is 1. The van der Waals surface area contributed by atoms with E-state index in [2.05, 4.69) is 62.6 Å². The molecule has 2 aromatic rings. The predicted molar refractivity (Wildman–Crippen MR) is 140 cm³/mol. The molecule has 1 fully saturated rings. The summed E-state index contributed by atoms with van der Waals surface area (Å²) in [6.07, 6.45) is 9.29. The molecule has 0 atom stereocenters. The monoisotopic (exact) mass is 497 g/mol. The lowest BCUT2D eigenvalue weighted by molar-refractivity contribution is 0.155. The number of anilines is 4. The van der Waals surface area contributed by atoms with Gasteiger partial charge in [-0.2, -0.15) is 4.98 Å². The van der Waals surface area contributed by atoms with Crippen molar-refractivity contribution in [1.82, 2.24) is 19.8 Å². The number of likely N-dealkylation sites (N-methyl/N-ethyl adjacent to an activating group) is 1. The summed E-state index contributed by atoms with van der Waals surface area (Å²) in [5, 5.41) is 7.03. The molecular formula is C25H32ClN7O2. The van der Waals surface area contributed by atoms with E-state index >= 15 is 0 Å². The van der Waals surface area contributed by atoms with Crippen LogP contribution in [0, 0.1) is 0 Å². The Kier molecular flexibility index (Phi) is 8.44. The lowest BCUT2D eigenvalue weighted by Crippen LogP contribution is -2.44. The minimum absolute atomic E-state index is 0.396. The Balaban J connectivity index is 1.36. The van der Waals surface area contributed by atoms with Crippen LogP contribution in [0.3, 0.4) is 0 Å². The first-order chi connectivity index (χ1) is 17.0. The van der Waals surface area contributed by atoms with E-state index in [0.717, 1.165) is 38.3 Å². The number of benzene rings is 1. The second-order valence-corrected chi connectivity index (χ2v) is 8.94. The van der Waals surface area contributed by atoms with Crippen molar-refractivity contribution >= 4 is 40.8 Å². The number of nitrogens with zero attached hydrogens (tertiary/aromatic N) is 5. The third-order valence-corrected chi connectivity index (χ3v) is 6.33. The lowest BCUT2D eigenvalue weighted by atomic mass is 10.1. The molecule has 10 heteroatoms. The molecule has 4 rings (SSSR count). The number of aromatic nitrogens is 2. The number of carbonyl (C=O) groups excluding carboxylic acids is 1. The van der Waals surface area contributed by atoms with Crippen LogP contribution in [0.4, 0.5) is 27.9 Å². The van der Waals surface area contributed by atoms with Crippen LogP contribution in [-0.4, -0.2) is 72.2 Å². The molecule has 2 aliphatic rings. The smallest absolute Gasteiger partial charge is 0.418 e. The Morgan fingerprint density at radius 1 is 1.17 bits per heavy atom. The molecule has 9 nitrogen and oxygen atoms in total. The van der Waals surface area contributed by atoms with Crippen LogP contribution in [0.2, 0.25) is 5.02 Å². The van der Waals surface area contributed by atoms with Crippen molar-refractivity contribution in [2.75, 3.05) is 61.8 Å². The third-order valence-electron chi connectivity index (χ3n) is 6.06. The molecule has 2 aliphatic heterocycles. The molecule has 0 saturated carbocycles. The Morgan fingerprint density at radius 3 is 2.80 bits per heavy atom. The van der Waals surface area contributed by atoms with Crippen molar-refractivity contribution in [2.45, 2.75) is 19.8 Å². The molecule has 1 amide bonds. The lowest BCUT2D eigenvalue weighted by Gasteiger charge is -2.34. The standard InChI is InChI=1S/C25H32ClN7O2/c1-3-19-17-20(32-14-12-31(2)13-15-32)7-8-22(19)29-24-28-18-21(26)23(30-24)27-9-6-11-33-10-4-5-16-35-25(33)34/h4-5,7-8,10,16-18H,3,6,9,11-15H2,1-2H3,(H2,27,28,29,30). The molecule has 35 heavy (non-hydrogen) atoms. The zero-order valence-electron chi connectivity index (χ0n) is 20.2. The van der Waals surface area contributed by atoms with E-state index in [0.29, 0.717) is 36.3 Å². The summed E-state index contributed by atoms with van der Waals surface area (Å²) in [5.74, 6) is 1.02. The topological polar surface area (TPSA) is 85.9 Å². The first-order valence-corrected chi connectivity index (χ1v) is 12.3. The van der Waals surface area contributed by atoms with Crippen molar-refractivity contribution in [1.29, 1.82) is 0 Å². The Labute approximate surface area is 211 Å². The van der Waals surface area contributed by atoms with E-state index in [1.54, 1.807) is 24.5 Å². The fourth-order valence-corrected chi connectivity index (χ4v) is 4.13. The zero-order valence-corrected chi connectivity index (χ0v) is 21.0.